The molecule has 0 aliphatic carbocycles. The highest BCUT2D eigenvalue weighted by Crippen LogP contribution is 2.36. The Morgan fingerprint density at radius 3 is 2.38 bits per heavy atom. The Labute approximate surface area is 155 Å². The molecule has 1 aliphatic heterocycles. The third-order valence-corrected chi connectivity index (χ3v) is 4.35. The van der Waals surface area contributed by atoms with Gasteiger partial charge in [-0.25, -0.2) is 4.79 Å². The van der Waals surface area contributed by atoms with Crippen LogP contribution in [0, 0.1) is 5.92 Å². The maximum absolute atomic E-state index is 12.7. The highest BCUT2D eigenvalue weighted by Gasteiger charge is 2.38. The number of hydrogen-bond donors (Lipinski definition) is 0. The molecule has 2 rings (SSSR count). The number of hydrogen-bond acceptors (Lipinski definition) is 5. The molecule has 0 spiro atoms. The minimum Gasteiger partial charge on any atom is -0.497 e. The van der Waals surface area contributed by atoms with Crippen molar-refractivity contribution in [3.63, 3.8) is 0 Å². The first-order valence-corrected chi connectivity index (χ1v) is 9.05. The first-order valence-electron chi connectivity index (χ1n) is 9.05. The average molecular weight is 363 g/mol. The Kier molecular flexibility index (Phi) is 6.51. The molecule has 6 heteroatoms. The molecule has 0 radical (unpaired) electrons. The van der Waals surface area contributed by atoms with Crippen LogP contribution in [0.15, 0.2) is 24.3 Å². The highest BCUT2D eigenvalue weighted by atomic mass is 16.6. The van der Waals surface area contributed by atoms with Crippen LogP contribution in [0.3, 0.4) is 0 Å². The maximum Gasteiger partial charge on any atom is 0.410 e. The van der Waals surface area contributed by atoms with Gasteiger partial charge in [0.05, 0.1) is 25.7 Å². The molecule has 1 heterocycles. The van der Waals surface area contributed by atoms with Gasteiger partial charge in [0.15, 0.2) is 0 Å². The molecule has 1 aliphatic rings. The molecule has 1 aromatic rings. The maximum atomic E-state index is 12.7. The van der Waals surface area contributed by atoms with Gasteiger partial charge in [0, 0.05) is 6.54 Å². The zero-order valence-electron chi connectivity index (χ0n) is 16.3. The standard InChI is InChI=1S/C20H29NO5/c1-6-25-18(22)15-11-12-21(19(23)26-20(2,3)4)17(13-15)14-7-9-16(24-5)10-8-14/h7-10,15,17H,6,11-13H2,1-5H3. The van der Waals surface area contributed by atoms with Gasteiger partial charge in [-0.15, -0.1) is 0 Å². The summed E-state index contributed by atoms with van der Waals surface area (Å²) in [7, 11) is 1.61. The molecule has 1 saturated heterocycles. The number of amides is 1. The summed E-state index contributed by atoms with van der Waals surface area (Å²) in [5.74, 6) is 0.325. The largest absolute Gasteiger partial charge is 0.497 e. The molecule has 0 saturated carbocycles. The zero-order chi connectivity index (χ0) is 19.3. The molecule has 0 aromatic heterocycles. The molecule has 2 unspecified atom stereocenters. The van der Waals surface area contributed by atoms with Gasteiger partial charge in [0.1, 0.15) is 11.4 Å². The van der Waals surface area contributed by atoms with Crippen molar-refractivity contribution in [2.24, 2.45) is 5.92 Å². The number of nitrogens with zero attached hydrogens (tertiary/aromatic N) is 1. The van der Waals surface area contributed by atoms with Crippen LogP contribution in [0.5, 0.6) is 5.75 Å². The summed E-state index contributed by atoms with van der Waals surface area (Å²) < 4.78 is 16.0. The second-order valence-electron chi connectivity index (χ2n) is 7.44. The lowest BCUT2D eigenvalue weighted by Crippen LogP contribution is -2.45. The summed E-state index contributed by atoms with van der Waals surface area (Å²) in [4.78, 5) is 26.6. The molecule has 0 bridgehead atoms. The minimum absolute atomic E-state index is 0.199. The fraction of sp³-hybridized carbons (Fsp3) is 0.600. The van der Waals surface area contributed by atoms with Crippen molar-refractivity contribution >= 4 is 12.1 Å². The van der Waals surface area contributed by atoms with E-state index >= 15 is 0 Å². The number of methoxy groups -OCH3 is 1. The van der Waals surface area contributed by atoms with Crippen molar-refractivity contribution in [2.75, 3.05) is 20.3 Å². The van der Waals surface area contributed by atoms with Crippen LogP contribution in [-0.2, 0) is 14.3 Å². The normalized spacial score (nSPS) is 20.4. The number of likely N-dealkylation sites (tertiary alicyclic amines) is 1. The van der Waals surface area contributed by atoms with Gasteiger partial charge in [-0.1, -0.05) is 12.1 Å². The Morgan fingerprint density at radius 1 is 1.19 bits per heavy atom. The predicted octanol–water partition coefficient (Wildman–Crippen LogP) is 3.95. The molecule has 2 atom stereocenters. The number of carbonyl (C=O) groups is 2. The van der Waals surface area contributed by atoms with E-state index in [2.05, 4.69) is 0 Å². The van der Waals surface area contributed by atoms with Crippen molar-refractivity contribution in [1.82, 2.24) is 4.90 Å². The van der Waals surface area contributed by atoms with E-state index in [4.69, 9.17) is 14.2 Å². The van der Waals surface area contributed by atoms with Crippen LogP contribution in [0.2, 0.25) is 0 Å². The number of esters is 1. The topological polar surface area (TPSA) is 65.1 Å². The average Bonchev–Trinajstić information content (AvgIpc) is 2.60. The number of piperidine rings is 1. The summed E-state index contributed by atoms with van der Waals surface area (Å²) >= 11 is 0. The predicted molar refractivity (Wildman–Crippen MR) is 98.0 cm³/mol. The first kappa shape index (κ1) is 20.1. The van der Waals surface area contributed by atoms with E-state index in [1.54, 1.807) is 18.9 Å². The molecular weight excluding hydrogens is 334 g/mol. The van der Waals surface area contributed by atoms with Crippen LogP contribution < -0.4 is 4.74 Å². The number of rotatable bonds is 4. The van der Waals surface area contributed by atoms with E-state index in [1.165, 1.54) is 0 Å². The van der Waals surface area contributed by atoms with Crippen LogP contribution in [0.25, 0.3) is 0 Å². The van der Waals surface area contributed by atoms with Gasteiger partial charge >= 0.3 is 12.1 Å². The first-order chi connectivity index (χ1) is 12.2. The van der Waals surface area contributed by atoms with Crippen molar-refractivity contribution in [3.05, 3.63) is 29.8 Å². The van der Waals surface area contributed by atoms with E-state index in [9.17, 15) is 9.59 Å². The lowest BCUT2D eigenvalue weighted by molar-refractivity contribution is -0.150. The summed E-state index contributed by atoms with van der Waals surface area (Å²) in [6.45, 7) is 8.15. The van der Waals surface area contributed by atoms with Gasteiger partial charge < -0.3 is 19.1 Å². The summed E-state index contributed by atoms with van der Waals surface area (Å²) in [5.41, 5.74) is 0.380. The molecule has 144 valence electrons. The van der Waals surface area contributed by atoms with Crippen LogP contribution in [0.1, 0.15) is 52.1 Å². The lowest BCUT2D eigenvalue weighted by Gasteiger charge is -2.39. The highest BCUT2D eigenvalue weighted by molar-refractivity contribution is 5.74. The number of carbonyl (C=O) groups excluding carboxylic acids is 2. The van der Waals surface area contributed by atoms with Crippen LogP contribution in [0.4, 0.5) is 4.79 Å². The van der Waals surface area contributed by atoms with Gasteiger partial charge in [0.2, 0.25) is 0 Å². The zero-order valence-corrected chi connectivity index (χ0v) is 16.3. The SMILES string of the molecule is CCOC(=O)C1CCN(C(=O)OC(C)(C)C)C(c2ccc(OC)cc2)C1. The molecule has 6 nitrogen and oxygen atoms in total. The number of ether oxygens (including phenoxy) is 3. The van der Waals surface area contributed by atoms with Crippen LogP contribution in [-0.4, -0.2) is 42.8 Å². The minimum atomic E-state index is -0.570. The Bertz CT molecular complexity index is 620. The Morgan fingerprint density at radius 2 is 1.85 bits per heavy atom. The fourth-order valence-corrected chi connectivity index (χ4v) is 3.12. The molecule has 26 heavy (non-hydrogen) atoms. The van der Waals surface area contributed by atoms with E-state index in [1.807, 2.05) is 45.0 Å². The Hall–Kier alpha value is -2.24. The van der Waals surface area contributed by atoms with Crippen molar-refractivity contribution in [1.29, 1.82) is 0 Å². The molecule has 1 amide bonds. The fourth-order valence-electron chi connectivity index (χ4n) is 3.12. The quantitative estimate of drug-likeness (QED) is 0.758. The second-order valence-corrected chi connectivity index (χ2v) is 7.44. The summed E-state index contributed by atoms with van der Waals surface area (Å²) in [5, 5.41) is 0. The van der Waals surface area contributed by atoms with E-state index in [-0.39, 0.29) is 24.0 Å². The van der Waals surface area contributed by atoms with Gasteiger partial charge in [-0.2, -0.15) is 0 Å². The van der Waals surface area contributed by atoms with Gasteiger partial charge in [-0.05, 0) is 58.2 Å². The van der Waals surface area contributed by atoms with Crippen molar-refractivity contribution in [2.45, 2.75) is 52.2 Å². The number of benzene rings is 1. The van der Waals surface area contributed by atoms with Crippen LogP contribution >= 0.6 is 0 Å². The molecule has 0 N–H and O–H groups in total. The lowest BCUT2D eigenvalue weighted by atomic mass is 9.87. The molecular formula is C20H29NO5. The third kappa shape index (κ3) is 5.13. The smallest absolute Gasteiger partial charge is 0.410 e. The summed E-state index contributed by atoms with van der Waals surface area (Å²) in [6.07, 6.45) is 0.732. The molecule has 1 fully saturated rings. The monoisotopic (exact) mass is 363 g/mol. The third-order valence-electron chi connectivity index (χ3n) is 4.35. The summed E-state index contributed by atoms with van der Waals surface area (Å²) in [6, 6.07) is 7.33. The van der Waals surface area contributed by atoms with E-state index in [0.717, 1.165) is 11.3 Å². The van der Waals surface area contributed by atoms with E-state index < -0.39 is 5.60 Å². The second kappa shape index (κ2) is 8.43. The van der Waals surface area contributed by atoms with Gasteiger partial charge in [-0.3, -0.25) is 4.79 Å². The van der Waals surface area contributed by atoms with Gasteiger partial charge in [0.25, 0.3) is 0 Å². The molecule has 1 aromatic carbocycles. The van der Waals surface area contributed by atoms with Crippen molar-refractivity contribution in [3.8, 4) is 5.75 Å². The van der Waals surface area contributed by atoms with E-state index in [0.29, 0.717) is 26.0 Å². The Balaban J connectivity index is 2.25. The van der Waals surface area contributed by atoms with Crippen molar-refractivity contribution < 1.29 is 23.8 Å².